The Hall–Kier alpha value is -1.89. The molecule has 1 aliphatic carbocycles. The van der Waals surface area contributed by atoms with Gasteiger partial charge in [-0.15, -0.1) is 0 Å². The number of allylic oxidation sites excluding steroid dienone is 1. The van der Waals surface area contributed by atoms with Crippen molar-refractivity contribution in [3.63, 3.8) is 0 Å². The molecule has 2 rings (SSSR count). The van der Waals surface area contributed by atoms with Crippen molar-refractivity contribution in [2.45, 2.75) is 37.0 Å². The Labute approximate surface area is 149 Å². The van der Waals surface area contributed by atoms with Gasteiger partial charge in [0.2, 0.25) is 0 Å². The molecule has 7 heteroatoms. The van der Waals surface area contributed by atoms with Crippen LogP contribution in [0.1, 0.15) is 32.1 Å². The molecule has 1 aromatic carbocycles. The van der Waals surface area contributed by atoms with E-state index in [1.54, 1.807) is 7.05 Å². The summed E-state index contributed by atoms with van der Waals surface area (Å²) in [7, 11) is -2.02. The zero-order valence-electron chi connectivity index (χ0n) is 14.6. The summed E-state index contributed by atoms with van der Waals surface area (Å²) in [6, 6.07) is 5.43. The molecule has 0 saturated heterocycles. The third kappa shape index (κ3) is 6.16. The minimum atomic E-state index is -3.66. The molecule has 0 radical (unpaired) electrons. The van der Waals surface area contributed by atoms with Crippen LogP contribution in [0.5, 0.6) is 0 Å². The molecule has 0 fully saturated rings. The molecule has 0 bridgehead atoms. The van der Waals surface area contributed by atoms with Gasteiger partial charge in [0.25, 0.3) is 0 Å². The van der Waals surface area contributed by atoms with E-state index < -0.39 is 15.7 Å². The average Bonchev–Trinajstić information content (AvgIpc) is 2.61. The summed E-state index contributed by atoms with van der Waals surface area (Å²) < 4.78 is 38.0. The zero-order valence-corrected chi connectivity index (χ0v) is 15.4. The first-order chi connectivity index (χ1) is 12.0. The van der Waals surface area contributed by atoms with Crippen LogP contribution in [0.2, 0.25) is 0 Å². The molecule has 0 aromatic heterocycles. The van der Waals surface area contributed by atoms with Crippen LogP contribution < -0.4 is 10.6 Å². The maximum Gasteiger partial charge on any atom is 0.191 e. The molecular weight excluding hydrogens is 341 g/mol. The van der Waals surface area contributed by atoms with Crippen molar-refractivity contribution in [3.8, 4) is 0 Å². The van der Waals surface area contributed by atoms with Gasteiger partial charge in [0.1, 0.15) is 10.7 Å². The van der Waals surface area contributed by atoms with Crippen LogP contribution in [0.4, 0.5) is 4.39 Å². The van der Waals surface area contributed by atoms with Gasteiger partial charge < -0.3 is 10.6 Å². The summed E-state index contributed by atoms with van der Waals surface area (Å²) in [5.74, 6) is -0.356. The molecule has 0 unspecified atom stereocenters. The van der Waals surface area contributed by atoms with E-state index in [0.717, 1.165) is 31.9 Å². The van der Waals surface area contributed by atoms with Gasteiger partial charge in [-0.2, -0.15) is 0 Å². The lowest BCUT2D eigenvalue weighted by Crippen LogP contribution is -2.40. The predicted molar refractivity (Wildman–Crippen MR) is 99.0 cm³/mol. The van der Waals surface area contributed by atoms with Gasteiger partial charge >= 0.3 is 0 Å². The lowest BCUT2D eigenvalue weighted by molar-refractivity contribution is 0.566. The van der Waals surface area contributed by atoms with Gasteiger partial charge in [-0.25, -0.2) is 12.8 Å². The first-order valence-corrected chi connectivity index (χ1v) is 10.3. The number of sulfone groups is 1. The molecule has 1 aromatic rings. The Balaban J connectivity index is 1.77. The normalized spacial score (nSPS) is 15.6. The van der Waals surface area contributed by atoms with Crippen molar-refractivity contribution < 1.29 is 12.8 Å². The largest absolute Gasteiger partial charge is 0.356 e. The van der Waals surface area contributed by atoms with Crippen molar-refractivity contribution >= 4 is 15.8 Å². The molecule has 0 aliphatic heterocycles. The first kappa shape index (κ1) is 19.4. The van der Waals surface area contributed by atoms with Crippen molar-refractivity contribution in [2.75, 3.05) is 25.9 Å². The van der Waals surface area contributed by atoms with E-state index in [9.17, 15) is 12.8 Å². The molecule has 2 N–H and O–H groups in total. The molecule has 0 atom stereocenters. The van der Waals surface area contributed by atoms with E-state index in [1.807, 2.05) is 0 Å². The topological polar surface area (TPSA) is 70.6 Å². The van der Waals surface area contributed by atoms with Gasteiger partial charge in [0, 0.05) is 20.1 Å². The molecule has 25 heavy (non-hydrogen) atoms. The Morgan fingerprint density at radius 2 is 1.96 bits per heavy atom. The molecular formula is C18H26FN3O2S. The fraction of sp³-hybridized carbons (Fsp3) is 0.500. The summed E-state index contributed by atoms with van der Waals surface area (Å²) >= 11 is 0. The van der Waals surface area contributed by atoms with Crippen molar-refractivity contribution in [3.05, 3.63) is 41.7 Å². The highest BCUT2D eigenvalue weighted by Gasteiger charge is 2.18. The van der Waals surface area contributed by atoms with Crippen LogP contribution in [-0.2, 0) is 9.84 Å². The van der Waals surface area contributed by atoms with E-state index >= 15 is 0 Å². The fourth-order valence-electron chi connectivity index (χ4n) is 2.80. The third-order valence-corrected chi connectivity index (χ3v) is 5.92. The molecule has 1 aliphatic rings. The average molecular weight is 367 g/mol. The second kappa shape index (κ2) is 9.56. The fourth-order valence-corrected chi connectivity index (χ4v) is 4.05. The quantitative estimate of drug-likeness (QED) is 0.442. The van der Waals surface area contributed by atoms with Crippen molar-refractivity contribution in [1.29, 1.82) is 0 Å². The van der Waals surface area contributed by atoms with Crippen LogP contribution in [0.15, 0.2) is 45.8 Å². The molecule has 0 saturated carbocycles. The summed E-state index contributed by atoms with van der Waals surface area (Å²) in [6.45, 7) is 0.921. The first-order valence-electron chi connectivity index (χ1n) is 8.62. The van der Waals surface area contributed by atoms with E-state index in [2.05, 4.69) is 21.7 Å². The predicted octanol–water partition coefficient (Wildman–Crippen LogP) is 2.65. The molecule has 0 heterocycles. The number of rotatable bonds is 7. The van der Waals surface area contributed by atoms with E-state index in [1.165, 1.54) is 36.6 Å². The van der Waals surface area contributed by atoms with E-state index in [4.69, 9.17) is 0 Å². The number of hydrogen-bond acceptors (Lipinski definition) is 3. The summed E-state index contributed by atoms with van der Waals surface area (Å²) in [6.07, 6.45) is 8.13. The summed E-state index contributed by atoms with van der Waals surface area (Å²) in [5.41, 5.74) is 1.47. The molecule has 5 nitrogen and oxygen atoms in total. The smallest absolute Gasteiger partial charge is 0.191 e. The number of aliphatic imine (C=N–C) groups is 1. The minimum Gasteiger partial charge on any atom is -0.356 e. The number of hydrogen-bond donors (Lipinski definition) is 2. The molecule has 0 amide bonds. The van der Waals surface area contributed by atoms with Crippen molar-refractivity contribution in [1.82, 2.24) is 10.6 Å². The van der Waals surface area contributed by atoms with Crippen LogP contribution >= 0.6 is 0 Å². The lowest BCUT2D eigenvalue weighted by atomic mass is 9.97. The van der Waals surface area contributed by atoms with Gasteiger partial charge in [-0.3, -0.25) is 4.99 Å². The highest BCUT2D eigenvalue weighted by atomic mass is 32.2. The summed E-state index contributed by atoms with van der Waals surface area (Å²) in [4.78, 5) is 3.83. The van der Waals surface area contributed by atoms with Crippen LogP contribution in [0.25, 0.3) is 0 Å². The van der Waals surface area contributed by atoms with Crippen LogP contribution in [0.3, 0.4) is 0 Å². The SMILES string of the molecule is CN=C(NCCC1=CCCCC1)NCCS(=O)(=O)c1ccccc1F. The molecule has 0 spiro atoms. The Morgan fingerprint density at radius 3 is 2.64 bits per heavy atom. The standard InChI is InChI=1S/C18H26FN3O2S/c1-20-18(21-12-11-15-7-3-2-4-8-15)22-13-14-25(23,24)17-10-6-5-9-16(17)19/h5-7,9-10H,2-4,8,11-14H2,1H3,(H2,20,21,22). The zero-order chi connectivity index (χ0) is 18.1. The number of halogens is 1. The summed E-state index contributed by atoms with van der Waals surface area (Å²) in [5, 5.41) is 6.15. The highest BCUT2D eigenvalue weighted by molar-refractivity contribution is 7.91. The Kier molecular flexibility index (Phi) is 7.43. The van der Waals surface area contributed by atoms with Gasteiger partial charge in [0.05, 0.1) is 5.75 Å². The minimum absolute atomic E-state index is 0.166. The van der Waals surface area contributed by atoms with Crippen molar-refractivity contribution in [2.24, 2.45) is 4.99 Å². The Bertz CT molecular complexity index is 730. The molecule has 138 valence electrons. The number of nitrogens with zero attached hydrogens (tertiary/aromatic N) is 1. The van der Waals surface area contributed by atoms with Gasteiger partial charge in [-0.05, 0) is 44.2 Å². The van der Waals surface area contributed by atoms with Gasteiger partial charge in [-0.1, -0.05) is 23.8 Å². The van der Waals surface area contributed by atoms with Crippen LogP contribution in [0, 0.1) is 5.82 Å². The monoisotopic (exact) mass is 367 g/mol. The third-order valence-electron chi connectivity index (χ3n) is 4.18. The lowest BCUT2D eigenvalue weighted by Gasteiger charge is -2.15. The number of benzene rings is 1. The highest BCUT2D eigenvalue weighted by Crippen LogP contribution is 2.19. The van der Waals surface area contributed by atoms with E-state index in [-0.39, 0.29) is 17.2 Å². The van der Waals surface area contributed by atoms with Gasteiger partial charge in [0.15, 0.2) is 15.8 Å². The number of guanidine groups is 1. The number of nitrogens with one attached hydrogen (secondary N) is 2. The maximum absolute atomic E-state index is 13.6. The second-order valence-electron chi connectivity index (χ2n) is 6.03. The Morgan fingerprint density at radius 1 is 1.20 bits per heavy atom. The van der Waals surface area contributed by atoms with Crippen LogP contribution in [-0.4, -0.2) is 40.3 Å². The van der Waals surface area contributed by atoms with E-state index in [0.29, 0.717) is 5.96 Å². The second-order valence-corrected chi connectivity index (χ2v) is 8.11. The maximum atomic E-state index is 13.6.